The Labute approximate surface area is 75.9 Å². The maximum Gasteiger partial charge on any atom is 0.0593 e. The number of hydrogen-bond acceptors (Lipinski definition) is 2. The van der Waals surface area contributed by atoms with E-state index in [1.165, 1.54) is 19.4 Å². The van der Waals surface area contributed by atoms with Gasteiger partial charge in [0.1, 0.15) is 0 Å². The van der Waals surface area contributed by atoms with Gasteiger partial charge in [0.05, 0.1) is 6.61 Å². The zero-order valence-electron chi connectivity index (χ0n) is 8.60. The van der Waals surface area contributed by atoms with E-state index in [0.717, 1.165) is 19.8 Å². The van der Waals surface area contributed by atoms with Crippen molar-refractivity contribution in [1.29, 1.82) is 0 Å². The molecular formula is C10H21NO. The topological polar surface area (TPSA) is 12.5 Å². The van der Waals surface area contributed by atoms with Crippen LogP contribution < -0.4 is 0 Å². The Morgan fingerprint density at radius 2 is 1.75 bits per heavy atom. The summed E-state index contributed by atoms with van der Waals surface area (Å²) in [6.07, 6.45) is 2.49. The van der Waals surface area contributed by atoms with Crippen molar-refractivity contribution in [3.63, 3.8) is 0 Å². The van der Waals surface area contributed by atoms with E-state index in [4.69, 9.17) is 4.74 Å². The maximum absolute atomic E-state index is 5.46. The molecule has 1 saturated heterocycles. The first kappa shape index (κ1) is 10.0. The fourth-order valence-corrected chi connectivity index (χ4v) is 1.57. The molecule has 0 unspecified atom stereocenters. The van der Waals surface area contributed by atoms with Gasteiger partial charge in [-0.2, -0.15) is 0 Å². The van der Waals surface area contributed by atoms with Gasteiger partial charge >= 0.3 is 0 Å². The van der Waals surface area contributed by atoms with Gasteiger partial charge in [-0.3, -0.25) is 4.90 Å². The van der Waals surface area contributed by atoms with Crippen LogP contribution in [0, 0.1) is 0 Å². The Hall–Kier alpha value is -0.0800. The number of ether oxygens (including phenoxy) is 1. The van der Waals surface area contributed by atoms with Crippen LogP contribution in [0.4, 0.5) is 0 Å². The molecule has 0 aromatic heterocycles. The molecule has 0 bridgehead atoms. The summed E-state index contributed by atoms with van der Waals surface area (Å²) in [5.74, 6) is 0. The van der Waals surface area contributed by atoms with E-state index >= 15 is 0 Å². The lowest BCUT2D eigenvalue weighted by Crippen LogP contribution is -2.44. The van der Waals surface area contributed by atoms with Crippen LogP contribution in [0.5, 0.6) is 0 Å². The van der Waals surface area contributed by atoms with Crippen LogP contribution >= 0.6 is 0 Å². The quantitative estimate of drug-likeness (QED) is 0.552. The summed E-state index contributed by atoms with van der Waals surface area (Å²) >= 11 is 0. The molecule has 0 radical (unpaired) electrons. The molecule has 1 aliphatic rings. The third kappa shape index (κ3) is 3.11. The summed E-state index contributed by atoms with van der Waals surface area (Å²) < 4.78 is 5.46. The molecule has 2 nitrogen and oxygen atoms in total. The maximum atomic E-state index is 5.46. The van der Waals surface area contributed by atoms with Gasteiger partial charge in [-0.25, -0.2) is 0 Å². The molecule has 0 aromatic rings. The van der Waals surface area contributed by atoms with E-state index in [-0.39, 0.29) is 0 Å². The lowest BCUT2D eigenvalue weighted by molar-refractivity contribution is 0.0423. The van der Waals surface area contributed by atoms with E-state index in [1.54, 1.807) is 0 Å². The largest absolute Gasteiger partial charge is 0.380 e. The highest BCUT2D eigenvalue weighted by Gasteiger charge is 2.20. The summed E-state index contributed by atoms with van der Waals surface area (Å²) in [6, 6.07) is 0. The molecule has 0 spiro atoms. The lowest BCUT2D eigenvalue weighted by atomic mass is 10.1. The highest BCUT2D eigenvalue weighted by atomic mass is 16.5. The fourth-order valence-electron chi connectivity index (χ4n) is 1.57. The van der Waals surface area contributed by atoms with Crippen LogP contribution in [0.2, 0.25) is 0 Å². The normalized spacial score (nSPS) is 23.2. The van der Waals surface area contributed by atoms with Crippen molar-refractivity contribution in [2.75, 3.05) is 26.3 Å². The smallest absolute Gasteiger partial charge is 0.0593 e. The van der Waals surface area contributed by atoms with Gasteiger partial charge in [-0.15, -0.1) is 0 Å². The van der Waals surface area contributed by atoms with E-state index in [1.807, 2.05) is 0 Å². The minimum absolute atomic E-state index is 0.306. The van der Waals surface area contributed by atoms with Crippen molar-refractivity contribution in [3.05, 3.63) is 0 Å². The molecular weight excluding hydrogens is 150 g/mol. The molecule has 0 atom stereocenters. The Kier molecular flexibility index (Phi) is 3.53. The zero-order valence-corrected chi connectivity index (χ0v) is 8.60. The number of rotatable bonds is 0. The van der Waals surface area contributed by atoms with Crippen LogP contribution in [-0.2, 0) is 4.74 Å². The third-order valence-electron chi connectivity index (χ3n) is 2.42. The van der Waals surface area contributed by atoms with Crippen molar-refractivity contribution in [1.82, 2.24) is 4.90 Å². The predicted molar refractivity (Wildman–Crippen MR) is 51.4 cm³/mol. The molecule has 1 aliphatic heterocycles. The monoisotopic (exact) mass is 171 g/mol. The van der Waals surface area contributed by atoms with Crippen LogP contribution in [0.3, 0.4) is 0 Å². The number of nitrogens with zero attached hydrogens (tertiary/aromatic N) is 1. The highest BCUT2D eigenvalue weighted by molar-refractivity contribution is 4.76. The van der Waals surface area contributed by atoms with Crippen molar-refractivity contribution >= 4 is 0 Å². The average molecular weight is 171 g/mol. The van der Waals surface area contributed by atoms with Gasteiger partial charge in [0.25, 0.3) is 0 Å². The molecule has 0 aliphatic carbocycles. The van der Waals surface area contributed by atoms with E-state index in [2.05, 4.69) is 25.7 Å². The predicted octanol–water partition coefficient (Wildman–Crippen LogP) is 1.90. The molecule has 1 heterocycles. The Bertz CT molecular complexity index is 120. The fraction of sp³-hybridized carbons (Fsp3) is 1.00. The SMILES string of the molecule is CC(C)(C)N1CCCCOCC1. The minimum Gasteiger partial charge on any atom is -0.380 e. The first-order valence-corrected chi connectivity index (χ1v) is 4.93. The summed E-state index contributed by atoms with van der Waals surface area (Å²) in [5.41, 5.74) is 0.306. The van der Waals surface area contributed by atoms with Gasteiger partial charge in [-0.1, -0.05) is 0 Å². The average Bonchev–Trinajstić information content (AvgIpc) is 1.81. The first-order chi connectivity index (χ1) is 5.61. The standard InChI is InChI=1S/C10H21NO/c1-10(2,3)11-6-4-5-8-12-9-7-11/h4-9H2,1-3H3. The number of hydrogen-bond donors (Lipinski definition) is 0. The minimum atomic E-state index is 0.306. The summed E-state index contributed by atoms with van der Waals surface area (Å²) in [6.45, 7) is 11.0. The molecule has 1 fully saturated rings. The van der Waals surface area contributed by atoms with E-state index < -0.39 is 0 Å². The molecule has 1 rings (SSSR count). The summed E-state index contributed by atoms with van der Waals surface area (Å²) in [5, 5.41) is 0. The van der Waals surface area contributed by atoms with Gasteiger partial charge in [0.15, 0.2) is 0 Å². The highest BCUT2D eigenvalue weighted by Crippen LogP contribution is 2.14. The van der Waals surface area contributed by atoms with E-state index in [9.17, 15) is 0 Å². The van der Waals surface area contributed by atoms with Crippen LogP contribution in [0.1, 0.15) is 33.6 Å². The molecule has 0 saturated carbocycles. The van der Waals surface area contributed by atoms with Gasteiger partial charge in [-0.05, 0) is 40.2 Å². The summed E-state index contributed by atoms with van der Waals surface area (Å²) in [7, 11) is 0. The van der Waals surface area contributed by atoms with Gasteiger partial charge < -0.3 is 4.74 Å². The van der Waals surface area contributed by atoms with Crippen molar-refractivity contribution in [2.45, 2.75) is 39.2 Å². The van der Waals surface area contributed by atoms with Crippen LogP contribution in [0.25, 0.3) is 0 Å². The second kappa shape index (κ2) is 4.24. The zero-order chi connectivity index (χ0) is 9.03. The lowest BCUT2D eigenvalue weighted by Gasteiger charge is -2.36. The Morgan fingerprint density at radius 1 is 1.00 bits per heavy atom. The molecule has 0 amide bonds. The molecule has 2 heteroatoms. The van der Waals surface area contributed by atoms with Crippen molar-refractivity contribution in [2.24, 2.45) is 0 Å². The Morgan fingerprint density at radius 3 is 2.42 bits per heavy atom. The third-order valence-corrected chi connectivity index (χ3v) is 2.42. The molecule has 0 aromatic carbocycles. The van der Waals surface area contributed by atoms with Gasteiger partial charge in [0, 0.05) is 18.7 Å². The van der Waals surface area contributed by atoms with Crippen LogP contribution in [0.15, 0.2) is 0 Å². The van der Waals surface area contributed by atoms with Gasteiger partial charge in [0.2, 0.25) is 0 Å². The van der Waals surface area contributed by atoms with Crippen molar-refractivity contribution < 1.29 is 4.74 Å². The molecule has 0 N–H and O–H groups in total. The van der Waals surface area contributed by atoms with Crippen molar-refractivity contribution in [3.8, 4) is 0 Å². The van der Waals surface area contributed by atoms with Crippen LogP contribution in [-0.4, -0.2) is 36.7 Å². The second-order valence-electron chi connectivity index (χ2n) is 4.48. The molecule has 12 heavy (non-hydrogen) atoms. The molecule has 72 valence electrons. The summed E-state index contributed by atoms with van der Waals surface area (Å²) in [4.78, 5) is 2.51. The first-order valence-electron chi connectivity index (χ1n) is 4.93. The van der Waals surface area contributed by atoms with E-state index in [0.29, 0.717) is 5.54 Å². The second-order valence-corrected chi connectivity index (χ2v) is 4.48. The Balaban J connectivity index is 2.40.